The van der Waals surface area contributed by atoms with E-state index in [0.717, 1.165) is 16.2 Å². The van der Waals surface area contributed by atoms with E-state index in [-0.39, 0.29) is 6.54 Å². The summed E-state index contributed by atoms with van der Waals surface area (Å²) in [5, 5.41) is 8.51. The summed E-state index contributed by atoms with van der Waals surface area (Å²) in [4.78, 5) is 13.9. The second-order valence-corrected chi connectivity index (χ2v) is 4.00. The zero-order chi connectivity index (χ0) is 11.5. The molecule has 0 atom stereocenters. The molecule has 1 amide bonds. The zero-order valence-electron chi connectivity index (χ0n) is 8.55. The first-order valence-corrected chi connectivity index (χ1v) is 5.33. The number of amides is 1. The minimum atomic E-state index is -0.425. The van der Waals surface area contributed by atoms with Crippen molar-refractivity contribution in [1.29, 1.82) is 0 Å². The van der Waals surface area contributed by atoms with Crippen LogP contribution in [0.4, 0.5) is 5.69 Å². The maximum atomic E-state index is 11.1. The van der Waals surface area contributed by atoms with Gasteiger partial charge in [0, 0.05) is 22.7 Å². The molecule has 0 saturated carbocycles. The Bertz CT molecular complexity index is 445. The molecule has 1 heterocycles. The van der Waals surface area contributed by atoms with Crippen LogP contribution in [0.2, 0.25) is 0 Å². The Labute approximate surface area is 98.9 Å². The van der Waals surface area contributed by atoms with E-state index in [1.165, 1.54) is 0 Å². The van der Waals surface area contributed by atoms with Gasteiger partial charge in [-0.25, -0.2) is 5.48 Å². The predicted molar refractivity (Wildman–Crippen MR) is 65.5 cm³/mol. The van der Waals surface area contributed by atoms with Crippen molar-refractivity contribution in [3.63, 3.8) is 0 Å². The number of benzene rings is 1. The van der Waals surface area contributed by atoms with Crippen LogP contribution >= 0.6 is 12.6 Å². The summed E-state index contributed by atoms with van der Waals surface area (Å²) in [6.45, 7) is 0.744. The monoisotopic (exact) mass is 236 g/mol. The third-order valence-electron chi connectivity index (χ3n) is 2.48. The molecule has 1 aromatic rings. The first-order valence-electron chi connectivity index (χ1n) is 4.89. The topological polar surface area (TPSA) is 52.6 Å². The second kappa shape index (κ2) is 4.59. The molecule has 0 radical (unpaired) electrons. The average Bonchev–Trinajstić information content (AvgIpc) is 2.33. The Kier molecular flexibility index (Phi) is 3.17. The fraction of sp³-hybridized carbons (Fsp3) is 0.182. The van der Waals surface area contributed by atoms with Gasteiger partial charge in [0.15, 0.2) is 0 Å². The predicted octanol–water partition coefficient (Wildman–Crippen LogP) is 1.28. The van der Waals surface area contributed by atoms with Gasteiger partial charge in [0.1, 0.15) is 0 Å². The molecule has 0 aliphatic carbocycles. The normalized spacial score (nSPS) is 14.1. The molecule has 0 bridgehead atoms. The minimum absolute atomic E-state index is 0.130. The van der Waals surface area contributed by atoms with Gasteiger partial charge in [-0.15, -0.1) is 12.6 Å². The second-order valence-electron chi connectivity index (χ2n) is 3.52. The van der Waals surface area contributed by atoms with Crippen LogP contribution < -0.4 is 10.4 Å². The van der Waals surface area contributed by atoms with Crippen molar-refractivity contribution in [2.75, 3.05) is 18.0 Å². The van der Waals surface area contributed by atoms with Gasteiger partial charge in [0.2, 0.25) is 0 Å². The number of rotatable bonds is 2. The van der Waals surface area contributed by atoms with E-state index >= 15 is 0 Å². The summed E-state index contributed by atoms with van der Waals surface area (Å²) in [6.07, 6.45) is 1.94. The highest BCUT2D eigenvalue weighted by Crippen LogP contribution is 2.32. The van der Waals surface area contributed by atoms with Crippen LogP contribution in [-0.2, 0) is 4.79 Å². The van der Waals surface area contributed by atoms with Crippen LogP contribution in [-0.4, -0.2) is 24.2 Å². The Balaban J connectivity index is 2.29. The SMILES string of the molecule is O=C(CN1CC=C(S)c2ccccc21)NO. The highest BCUT2D eigenvalue weighted by molar-refractivity contribution is 7.90. The summed E-state index contributed by atoms with van der Waals surface area (Å²) >= 11 is 4.38. The van der Waals surface area contributed by atoms with E-state index in [9.17, 15) is 4.79 Å². The highest BCUT2D eigenvalue weighted by atomic mass is 32.1. The van der Waals surface area contributed by atoms with E-state index in [2.05, 4.69) is 12.6 Å². The maximum absolute atomic E-state index is 11.1. The van der Waals surface area contributed by atoms with E-state index < -0.39 is 5.91 Å². The van der Waals surface area contributed by atoms with Crippen LogP contribution in [0.15, 0.2) is 30.3 Å². The molecule has 5 heteroatoms. The van der Waals surface area contributed by atoms with E-state index in [1.807, 2.05) is 35.2 Å². The van der Waals surface area contributed by atoms with Crippen molar-refractivity contribution < 1.29 is 10.0 Å². The molecule has 0 fully saturated rings. The molecule has 1 aliphatic rings. The lowest BCUT2D eigenvalue weighted by Gasteiger charge is -2.28. The Hall–Kier alpha value is -1.46. The standard InChI is InChI=1S/C11H12N2O2S/c14-11(12-15)7-13-6-5-10(16)8-3-1-2-4-9(8)13/h1-5,15-16H,6-7H2,(H,12,14). The largest absolute Gasteiger partial charge is 0.358 e. The molecule has 0 unspecified atom stereocenters. The van der Waals surface area contributed by atoms with Gasteiger partial charge in [-0.05, 0) is 6.07 Å². The Morgan fingerprint density at radius 1 is 1.50 bits per heavy atom. The number of hydrogen-bond acceptors (Lipinski definition) is 4. The van der Waals surface area contributed by atoms with Gasteiger partial charge < -0.3 is 4.90 Å². The third-order valence-corrected chi connectivity index (χ3v) is 2.91. The molecule has 84 valence electrons. The van der Waals surface area contributed by atoms with Gasteiger partial charge in [-0.3, -0.25) is 10.0 Å². The Morgan fingerprint density at radius 2 is 2.25 bits per heavy atom. The molecule has 16 heavy (non-hydrogen) atoms. The smallest absolute Gasteiger partial charge is 0.262 e. The number of thiol groups is 1. The van der Waals surface area contributed by atoms with E-state index in [1.54, 1.807) is 5.48 Å². The van der Waals surface area contributed by atoms with E-state index in [4.69, 9.17) is 5.21 Å². The molecular formula is C11H12N2O2S. The number of hydrogen-bond donors (Lipinski definition) is 3. The van der Waals surface area contributed by atoms with Crippen molar-refractivity contribution in [2.45, 2.75) is 0 Å². The van der Waals surface area contributed by atoms with Crippen molar-refractivity contribution >= 4 is 29.1 Å². The number of hydroxylamine groups is 1. The number of nitrogens with one attached hydrogen (secondary N) is 1. The molecule has 1 aliphatic heterocycles. The fourth-order valence-electron chi connectivity index (χ4n) is 1.73. The summed E-state index contributed by atoms with van der Waals surface area (Å²) in [5.74, 6) is -0.425. The van der Waals surface area contributed by atoms with Gasteiger partial charge in [-0.2, -0.15) is 0 Å². The molecule has 2 N–H and O–H groups in total. The number of carbonyl (C=O) groups excluding carboxylic acids is 1. The quantitative estimate of drug-likeness (QED) is 0.412. The van der Waals surface area contributed by atoms with Gasteiger partial charge >= 0.3 is 0 Å². The number of anilines is 1. The average molecular weight is 236 g/mol. The lowest BCUT2D eigenvalue weighted by atomic mass is 10.1. The van der Waals surface area contributed by atoms with E-state index in [0.29, 0.717) is 6.54 Å². The van der Waals surface area contributed by atoms with Gasteiger partial charge in [0.25, 0.3) is 5.91 Å². The first kappa shape index (κ1) is 11.0. The molecule has 2 rings (SSSR count). The third kappa shape index (κ3) is 2.05. The van der Waals surface area contributed by atoms with Crippen molar-refractivity contribution in [2.24, 2.45) is 0 Å². The molecule has 0 saturated heterocycles. The van der Waals surface area contributed by atoms with Crippen LogP contribution in [0.1, 0.15) is 5.56 Å². The number of carbonyl (C=O) groups is 1. The zero-order valence-corrected chi connectivity index (χ0v) is 9.45. The Morgan fingerprint density at radius 3 is 3.00 bits per heavy atom. The maximum Gasteiger partial charge on any atom is 0.262 e. The van der Waals surface area contributed by atoms with Crippen molar-refractivity contribution in [3.8, 4) is 0 Å². The number of fused-ring (bicyclic) bond motifs is 1. The summed E-state index contributed by atoms with van der Waals surface area (Å²) in [6, 6.07) is 7.73. The lowest BCUT2D eigenvalue weighted by molar-refractivity contribution is -0.127. The van der Waals surface area contributed by atoms with Crippen LogP contribution in [0, 0.1) is 0 Å². The lowest BCUT2D eigenvalue weighted by Crippen LogP contribution is -2.37. The fourth-order valence-corrected chi connectivity index (χ4v) is 2.00. The minimum Gasteiger partial charge on any atom is -0.358 e. The molecular weight excluding hydrogens is 224 g/mol. The van der Waals surface area contributed by atoms with Crippen molar-refractivity contribution in [3.05, 3.63) is 35.9 Å². The summed E-state index contributed by atoms with van der Waals surface area (Å²) in [5.41, 5.74) is 3.59. The summed E-state index contributed by atoms with van der Waals surface area (Å²) in [7, 11) is 0. The molecule has 1 aromatic carbocycles. The molecule has 4 nitrogen and oxygen atoms in total. The van der Waals surface area contributed by atoms with Gasteiger partial charge in [0.05, 0.1) is 6.54 Å². The van der Waals surface area contributed by atoms with Gasteiger partial charge in [-0.1, -0.05) is 24.3 Å². The highest BCUT2D eigenvalue weighted by Gasteiger charge is 2.18. The molecule has 0 aromatic heterocycles. The van der Waals surface area contributed by atoms with Crippen LogP contribution in [0.25, 0.3) is 4.91 Å². The molecule has 0 spiro atoms. The summed E-state index contributed by atoms with van der Waals surface area (Å²) < 4.78 is 0. The first-order chi connectivity index (χ1) is 7.72. The van der Waals surface area contributed by atoms with Crippen LogP contribution in [0.5, 0.6) is 0 Å². The van der Waals surface area contributed by atoms with Crippen molar-refractivity contribution in [1.82, 2.24) is 5.48 Å². The number of para-hydroxylation sites is 1. The number of nitrogens with zero attached hydrogens (tertiary/aromatic N) is 1. The van der Waals surface area contributed by atoms with Crippen LogP contribution in [0.3, 0.4) is 0 Å².